The molecular weight excluding hydrogens is 183 g/mol. The first-order valence-electron chi connectivity index (χ1n) is 2.50. The van der Waals surface area contributed by atoms with Crippen molar-refractivity contribution in [3.05, 3.63) is 21.0 Å². The van der Waals surface area contributed by atoms with Crippen molar-refractivity contribution in [1.29, 1.82) is 0 Å². The van der Waals surface area contributed by atoms with Gasteiger partial charge in [-0.05, 0) is 0 Å². The van der Waals surface area contributed by atoms with E-state index in [0.29, 0.717) is 4.44 Å². The van der Waals surface area contributed by atoms with Crippen molar-refractivity contribution in [2.45, 2.75) is 6.92 Å². The van der Waals surface area contributed by atoms with Crippen LogP contribution in [0.4, 0.5) is 0 Å². The quantitative estimate of drug-likeness (QED) is 0.662. The molecule has 0 aromatic carbocycles. The Morgan fingerprint density at radius 1 is 1.67 bits per heavy atom. The fraction of sp³-hybridized carbons (Fsp3) is 0.167. The number of hydrogen-bond donors (Lipinski definition) is 1. The molecule has 0 aliphatic rings. The van der Waals surface area contributed by atoms with Gasteiger partial charge in [-0.3, -0.25) is 0 Å². The van der Waals surface area contributed by atoms with Crippen LogP contribution in [0.2, 0.25) is 0 Å². The predicted molar refractivity (Wildman–Crippen MR) is 35.1 cm³/mol. The average Bonchev–Trinajstić information content (AvgIpc) is 2.14. The van der Waals surface area contributed by atoms with Gasteiger partial charge >= 0.3 is 58.3 Å². The Morgan fingerprint density at radius 3 is 2.56 bits per heavy atom. The van der Waals surface area contributed by atoms with E-state index in [4.69, 9.17) is 5.11 Å². The second kappa shape index (κ2) is 2.38. The third-order valence-electron chi connectivity index (χ3n) is 0.951. The number of aromatic carboxylic acids is 1. The summed E-state index contributed by atoms with van der Waals surface area (Å²) in [5.41, 5.74) is 0. The molecule has 1 N–H and O–H groups in total. The maximum absolute atomic E-state index is 10.3. The van der Waals surface area contributed by atoms with E-state index in [2.05, 4.69) is 0 Å². The van der Waals surface area contributed by atoms with E-state index in [1.54, 1.807) is 6.07 Å². The van der Waals surface area contributed by atoms with Crippen molar-refractivity contribution < 1.29 is 9.90 Å². The minimum absolute atomic E-state index is 0.0891. The molecule has 0 aliphatic heterocycles. The number of carboxylic acid groups (broad SMARTS) is 1. The normalized spacial score (nSPS) is 9.44. The van der Waals surface area contributed by atoms with Gasteiger partial charge in [0, 0.05) is 0 Å². The van der Waals surface area contributed by atoms with Crippen LogP contribution in [0.3, 0.4) is 0 Å². The molecular formula is C6H6O2Se. The van der Waals surface area contributed by atoms with Gasteiger partial charge in [0.15, 0.2) is 0 Å². The Bertz CT molecular complexity index is 227. The van der Waals surface area contributed by atoms with Crippen LogP contribution in [0.1, 0.15) is 13.7 Å². The molecule has 0 radical (unpaired) electrons. The number of aryl methyl sites for hydroxylation is 1. The molecule has 0 fully saturated rings. The summed E-state index contributed by atoms with van der Waals surface area (Å²) >= 11 is 0.0891. The van der Waals surface area contributed by atoms with Crippen LogP contribution in [0.5, 0.6) is 0 Å². The van der Waals surface area contributed by atoms with Crippen molar-refractivity contribution in [2.75, 3.05) is 0 Å². The van der Waals surface area contributed by atoms with E-state index < -0.39 is 5.97 Å². The van der Waals surface area contributed by atoms with Gasteiger partial charge in [-0.25, -0.2) is 0 Å². The van der Waals surface area contributed by atoms with E-state index in [1.807, 2.05) is 13.0 Å². The molecule has 0 bridgehead atoms. The molecule has 0 unspecified atom stereocenters. The fourth-order valence-corrected chi connectivity index (χ4v) is 2.03. The van der Waals surface area contributed by atoms with Gasteiger partial charge in [-0.1, -0.05) is 0 Å². The van der Waals surface area contributed by atoms with Crippen molar-refractivity contribution in [3.8, 4) is 0 Å². The van der Waals surface area contributed by atoms with E-state index in [0.717, 1.165) is 0 Å². The number of carboxylic acids is 1. The third-order valence-corrected chi connectivity index (χ3v) is 3.03. The van der Waals surface area contributed by atoms with Gasteiger partial charge in [-0.15, -0.1) is 0 Å². The molecule has 0 aliphatic carbocycles. The van der Waals surface area contributed by atoms with E-state index >= 15 is 0 Å². The molecule has 0 spiro atoms. The zero-order chi connectivity index (χ0) is 6.85. The van der Waals surface area contributed by atoms with Gasteiger partial charge in [0.2, 0.25) is 0 Å². The molecule has 1 rings (SSSR count). The summed E-state index contributed by atoms with van der Waals surface area (Å²) in [5.74, 6) is -0.775. The second-order valence-corrected chi connectivity index (χ2v) is 4.42. The molecule has 3 heteroatoms. The fourth-order valence-electron chi connectivity index (χ4n) is 0.549. The summed E-state index contributed by atoms with van der Waals surface area (Å²) in [6.45, 7) is 1.95. The van der Waals surface area contributed by atoms with E-state index in [1.165, 1.54) is 4.44 Å². The SMILES string of the molecule is Cc1ccc(C(=O)O)[se]1. The maximum atomic E-state index is 10.3. The Hall–Kier alpha value is -0.531. The summed E-state index contributed by atoms with van der Waals surface area (Å²) in [4.78, 5) is 10.3. The molecule has 48 valence electrons. The van der Waals surface area contributed by atoms with Gasteiger partial charge in [-0.2, -0.15) is 0 Å². The predicted octanol–water partition coefficient (Wildman–Crippen LogP) is 0.750. The van der Waals surface area contributed by atoms with Crippen LogP contribution in [0.25, 0.3) is 0 Å². The number of carbonyl (C=O) groups is 1. The Morgan fingerprint density at radius 2 is 2.33 bits per heavy atom. The van der Waals surface area contributed by atoms with E-state index in [9.17, 15) is 4.79 Å². The summed E-state index contributed by atoms with van der Waals surface area (Å²) in [7, 11) is 0. The van der Waals surface area contributed by atoms with Crippen LogP contribution < -0.4 is 0 Å². The zero-order valence-corrected chi connectivity index (χ0v) is 6.63. The zero-order valence-electron chi connectivity index (χ0n) is 4.92. The van der Waals surface area contributed by atoms with Crippen molar-refractivity contribution in [1.82, 2.24) is 0 Å². The van der Waals surface area contributed by atoms with Gasteiger partial charge in [0.25, 0.3) is 0 Å². The summed E-state index contributed by atoms with van der Waals surface area (Å²) < 4.78 is 1.74. The molecule has 0 amide bonds. The Balaban J connectivity index is 2.98. The molecule has 2 nitrogen and oxygen atoms in total. The van der Waals surface area contributed by atoms with Crippen molar-refractivity contribution >= 4 is 20.5 Å². The van der Waals surface area contributed by atoms with Crippen LogP contribution in [-0.4, -0.2) is 25.6 Å². The second-order valence-electron chi connectivity index (χ2n) is 1.72. The van der Waals surface area contributed by atoms with E-state index in [-0.39, 0.29) is 14.5 Å². The molecule has 0 saturated heterocycles. The first kappa shape index (κ1) is 6.59. The summed E-state index contributed by atoms with van der Waals surface area (Å²) in [6, 6.07) is 3.54. The Kier molecular flexibility index (Phi) is 1.74. The molecule has 9 heavy (non-hydrogen) atoms. The average molecular weight is 189 g/mol. The monoisotopic (exact) mass is 190 g/mol. The van der Waals surface area contributed by atoms with Gasteiger partial charge < -0.3 is 0 Å². The number of hydrogen-bond acceptors (Lipinski definition) is 1. The van der Waals surface area contributed by atoms with Crippen molar-refractivity contribution in [2.24, 2.45) is 0 Å². The molecule has 0 atom stereocenters. The number of rotatable bonds is 1. The van der Waals surface area contributed by atoms with Gasteiger partial charge in [0.05, 0.1) is 0 Å². The summed E-state index contributed by atoms with van der Waals surface area (Å²) in [6.07, 6.45) is 0. The molecule has 0 saturated carbocycles. The van der Waals surface area contributed by atoms with Crippen molar-refractivity contribution in [3.63, 3.8) is 0 Å². The van der Waals surface area contributed by atoms with Crippen LogP contribution in [-0.2, 0) is 0 Å². The topological polar surface area (TPSA) is 37.3 Å². The first-order chi connectivity index (χ1) is 4.20. The van der Waals surface area contributed by atoms with Crippen LogP contribution in [0.15, 0.2) is 12.1 Å². The van der Waals surface area contributed by atoms with Gasteiger partial charge in [0.1, 0.15) is 0 Å². The van der Waals surface area contributed by atoms with Crippen LogP contribution >= 0.6 is 0 Å². The molecule has 1 aromatic rings. The molecule has 1 aromatic heterocycles. The minimum atomic E-state index is -0.775. The Labute approximate surface area is 58.9 Å². The summed E-state index contributed by atoms with van der Waals surface area (Å²) in [5, 5.41) is 8.45. The molecule has 1 heterocycles. The third kappa shape index (κ3) is 1.44. The van der Waals surface area contributed by atoms with Crippen LogP contribution in [0, 0.1) is 6.92 Å². The standard InChI is InChI=1S/C6H6O2Se/c1-4-2-3-5(9-4)6(7)8/h2-3H,1H3,(H,7,8). The first-order valence-corrected chi connectivity index (χ1v) is 4.21.